The summed E-state index contributed by atoms with van der Waals surface area (Å²) >= 11 is 1.18. The van der Waals surface area contributed by atoms with E-state index < -0.39 is 10.9 Å². The molecule has 0 radical (unpaired) electrons. The molecule has 0 aliphatic rings. The maximum Gasteiger partial charge on any atom is 0.348 e. The summed E-state index contributed by atoms with van der Waals surface area (Å²) in [4.78, 5) is 35.5. The van der Waals surface area contributed by atoms with Crippen LogP contribution in [0.1, 0.15) is 21.1 Å². The Bertz CT molecular complexity index is 1310. The predicted molar refractivity (Wildman–Crippen MR) is 116 cm³/mol. The van der Waals surface area contributed by atoms with Gasteiger partial charge in [-0.2, -0.15) is 15.0 Å². The number of aryl methyl sites for hydroxylation is 1. The minimum Gasteiger partial charge on any atom is -0.453 e. The lowest BCUT2D eigenvalue weighted by Crippen LogP contribution is -2.10. The topological polar surface area (TPSA) is 146 Å². The number of hydrogen-bond acceptors (Lipinski definition) is 10. The lowest BCUT2D eigenvalue weighted by atomic mass is 10.2. The van der Waals surface area contributed by atoms with Crippen LogP contribution in [0.25, 0.3) is 10.1 Å². The van der Waals surface area contributed by atoms with Crippen LogP contribution in [-0.2, 0) is 11.3 Å². The van der Waals surface area contributed by atoms with Gasteiger partial charge in [-0.15, -0.1) is 11.3 Å². The summed E-state index contributed by atoms with van der Waals surface area (Å²) < 4.78 is 6.05. The van der Waals surface area contributed by atoms with Gasteiger partial charge < -0.3 is 15.8 Å². The van der Waals surface area contributed by atoms with Gasteiger partial charge in [0.15, 0.2) is 12.4 Å². The molecule has 4 rings (SSSR count). The first kappa shape index (κ1) is 20.2. The highest BCUT2D eigenvalue weighted by Crippen LogP contribution is 2.29. The third kappa shape index (κ3) is 4.56. The third-order valence-electron chi connectivity index (χ3n) is 4.33. The molecule has 0 saturated carbocycles. The van der Waals surface area contributed by atoms with Gasteiger partial charge in [0.25, 0.3) is 5.69 Å². The van der Waals surface area contributed by atoms with Crippen LogP contribution in [-0.4, -0.2) is 25.8 Å². The average molecular weight is 436 g/mol. The fourth-order valence-corrected chi connectivity index (χ4v) is 3.78. The molecular weight excluding hydrogens is 420 g/mol. The number of anilines is 3. The van der Waals surface area contributed by atoms with E-state index in [9.17, 15) is 14.9 Å². The summed E-state index contributed by atoms with van der Waals surface area (Å²) in [6, 6.07) is 13.6. The fraction of sp³-hybridized carbons (Fsp3) is 0.100. The van der Waals surface area contributed by atoms with E-state index in [0.717, 1.165) is 16.0 Å². The number of hydrogen-bond donors (Lipinski definition) is 2. The number of nitro groups is 1. The number of benzene rings is 2. The molecule has 4 aromatic rings. The van der Waals surface area contributed by atoms with Crippen LogP contribution in [0.3, 0.4) is 0 Å². The largest absolute Gasteiger partial charge is 0.453 e. The van der Waals surface area contributed by atoms with Crippen LogP contribution in [0.15, 0.2) is 48.5 Å². The molecule has 0 spiro atoms. The van der Waals surface area contributed by atoms with Crippen molar-refractivity contribution in [3.63, 3.8) is 0 Å². The molecule has 11 heteroatoms. The van der Waals surface area contributed by atoms with Crippen molar-refractivity contribution in [2.75, 3.05) is 11.1 Å². The van der Waals surface area contributed by atoms with Crippen molar-refractivity contribution in [1.82, 2.24) is 15.0 Å². The van der Waals surface area contributed by atoms with Crippen LogP contribution in [0, 0.1) is 17.0 Å². The highest BCUT2D eigenvalue weighted by Gasteiger charge is 2.16. The zero-order valence-corrected chi connectivity index (χ0v) is 17.0. The predicted octanol–water partition coefficient (Wildman–Crippen LogP) is 3.99. The Balaban J connectivity index is 1.48. The molecule has 2 aromatic heterocycles. The van der Waals surface area contributed by atoms with Crippen molar-refractivity contribution in [3.8, 4) is 0 Å². The minimum absolute atomic E-state index is 0.00805. The second-order valence-corrected chi connectivity index (χ2v) is 7.62. The van der Waals surface area contributed by atoms with Gasteiger partial charge in [-0.3, -0.25) is 10.1 Å². The Morgan fingerprint density at radius 1 is 1.19 bits per heavy atom. The summed E-state index contributed by atoms with van der Waals surface area (Å²) in [5.74, 6) is -0.168. The van der Waals surface area contributed by atoms with E-state index in [0.29, 0.717) is 10.3 Å². The normalized spacial score (nSPS) is 10.7. The molecule has 0 aliphatic carbocycles. The second-order valence-electron chi connectivity index (χ2n) is 6.54. The Hall–Kier alpha value is -4.12. The second kappa shape index (κ2) is 8.32. The minimum atomic E-state index is -0.587. The molecule has 2 aromatic carbocycles. The lowest BCUT2D eigenvalue weighted by Gasteiger charge is -2.09. The molecule has 2 heterocycles. The number of nitrogens with one attached hydrogen (secondary N) is 1. The number of rotatable bonds is 6. The lowest BCUT2D eigenvalue weighted by molar-refractivity contribution is -0.384. The molecule has 0 fully saturated rings. The van der Waals surface area contributed by atoms with Gasteiger partial charge in [0.05, 0.1) is 4.92 Å². The van der Waals surface area contributed by atoms with Gasteiger partial charge in [-0.25, -0.2) is 4.79 Å². The van der Waals surface area contributed by atoms with Gasteiger partial charge in [0.2, 0.25) is 11.9 Å². The SMILES string of the molecule is Cc1ccccc1Nc1nc(N)nc(COC(=O)c2cc3cc([N+](=O)[O-])ccc3s2)n1. The molecular formula is C20H16N6O4S. The van der Waals surface area contributed by atoms with Crippen LogP contribution in [0.4, 0.5) is 23.3 Å². The third-order valence-corrected chi connectivity index (χ3v) is 5.43. The summed E-state index contributed by atoms with van der Waals surface area (Å²) in [7, 11) is 0. The molecule has 3 N–H and O–H groups in total. The summed E-state index contributed by atoms with van der Waals surface area (Å²) in [5.41, 5.74) is 7.54. The maximum atomic E-state index is 12.4. The zero-order valence-electron chi connectivity index (χ0n) is 16.2. The Kier molecular flexibility index (Phi) is 5.41. The van der Waals surface area contributed by atoms with E-state index in [2.05, 4.69) is 20.3 Å². The fourth-order valence-electron chi connectivity index (χ4n) is 2.84. The molecule has 0 atom stereocenters. The number of nitrogens with two attached hydrogens (primary N) is 1. The molecule has 0 aliphatic heterocycles. The molecule has 0 bridgehead atoms. The number of nitrogens with zero attached hydrogens (tertiary/aromatic N) is 4. The highest BCUT2D eigenvalue weighted by molar-refractivity contribution is 7.20. The van der Waals surface area contributed by atoms with Crippen molar-refractivity contribution < 1.29 is 14.5 Å². The van der Waals surface area contributed by atoms with E-state index in [1.54, 1.807) is 12.1 Å². The van der Waals surface area contributed by atoms with Crippen molar-refractivity contribution in [3.05, 3.63) is 74.9 Å². The van der Waals surface area contributed by atoms with Crippen molar-refractivity contribution in [2.24, 2.45) is 0 Å². The van der Waals surface area contributed by atoms with E-state index in [1.165, 1.54) is 23.5 Å². The Labute approximate surface area is 179 Å². The Morgan fingerprint density at radius 2 is 2.00 bits per heavy atom. The number of thiophene rings is 1. The van der Waals surface area contributed by atoms with Gasteiger partial charge in [-0.05, 0) is 30.7 Å². The van der Waals surface area contributed by atoms with Crippen LogP contribution in [0.2, 0.25) is 0 Å². The maximum absolute atomic E-state index is 12.4. The van der Waals surface area contributed by atoms with Crippen LogP contribution < -0.4 is 11.1 Å². The first-order chi connectivity index (χ1) is 14.9. The molecule has 0 saturated heterocycles. The smallest absolute Gasteiger partial charge is 0.348 e. The van der Waals surface area contributed by atoms with Crippen LogP contribution in [0.5, 0.6) is 0 Å². The first-order valence-corrected chi connectivity index (χ1v) is 9.89. The van der Waals surface area contributed by atoms with Crippen LogP contribution >= 0.6 is 11.3 Å². The number of carbonyl (C=O) groups is 1. The summed E-state index contributed by atoms with van der Waals surface area (Å²) in [5, 5.41) is 14.6. The quantitative estimate of drug-likeness (QED) is 0.260. The number of nitrogen functional groups attached to an aromatic ring is 1. The molecule has 0 amide bonds. The Morgan fingerprint density at radius 3 is 2.77 bits per heavy atom. The van der Waals surface area contributed by atoms with Crippen molar-refractivity contribution in [2.45, 2.75) is 13.5 Å². The van der Waals surface area contributed by atoms with Gasteiger partial charge in [0, 0.05) is 27.9 Å². The summed E-state index contributed by atoms with van der Waals surface area (Å²) in [6.07, 6.45) is 0. The number of non-ortho nitro benzene ring substituents is 1. The summed E-state index contributed by atoms with van der Waals surface area (Å²) in [6.45, 7) is 1.73. The van der Waals surface area contributed by atoms with Crippen molar-refractivity contribution >= 4 is 50.7 Å². The van der Waals surface area contributed by atoms with Gasteiger partial charge in [0.1, 0.15) is 4.88 Å². The average Bonchev–Trinajstić information content (AvgIpc) is 3.17. The van der Waals surface area contributed by atoms with E-state index in [1.807, 2.05) is 31.2 Å². The number of ether oxygens (including phenoxy) is 1. The highest BCUT2D eigenvalue weighted by atomic mass is 32.1. The number of nitro benzene ring substituents is 1. The number of esters is 1. The number of aromatic nitrogens is 3. The number of fused-ring (bicyclic) bond motifs is 1. The molecule has 156 valence electrons. The van der Waals surface area contributed by atoms with Gasteiger partial charge >= 0.3 is 5.97 Å². The number of para-hydroxylation sites is 1. The molecule has 10 nitrogen and oxygen atoms in total. The zero-order chi connectivity index (χ0) is 22.0. The van der Waals surface area contributed by atoms with E-state index in [4.69, 9.17) is 10.5 Å². The van der Waals surface area contributed by atoms with E-state index in [-0.39, 0.29) is 30.0 Å². The van der Waals surface area contributed by atoms with Crippen molar-refractivity contribution in [1.29, 1.82) is 0 Å². The molecule has 0 unspecified atom stereocenters. The van der Waals surface area contributed by atoms with Gasteiger partial charge in [-0.1, -0.05) is 18.2 Å². The number of carbonyl (C=O) groups excluding carboxylic acids is 1. The molecule has 31 heavy (non-hydrogen) atoms. The first-order valence-electron chi connectivity index (χ1n) is 9.07. The monoisotopic (exact) mass is 436 g/mol. The van der Waals surface area contributed by atoms with E-state index >= 15 is 0 Å². The standard InChI is InChI=1S/C20H16N6O4S/c1-11-4-2-3-5-14(11)22-20-24-17(23-19(21)25-20)10-30-18(27)16-9-12-8-13(26(28)29)6-7-15(12)31-16/h2-9H,10H2,1H3,(H3,21,22,23,24,25).